The second-order valence-electron chi connectivity index (χ2n) is 5.55. The van der Waals surface area contributed by atoms with Crippen LogP contribution in [0.15, 0.2) is 23.3 Å². The molecular formula is C16H14N2O2S2. The molecule has 4 nitrogen and oxygen atoms in total. The second kappa shape index (κ2) is 5.14. The Morgan fingerprint density at radius 2 is 2.18 bits per heavy atom. The van der Waals surface area contributed by atoms with Crippen LogP contribution in [-0.2, 0) is 19.4 Å². The van der Waals surface area contributed by atoms with Gasteiger partial charge in [-0.1, -0.05) is 0 Å². The summed E-state index contributed by atoms with van der Waals surface area (Å²) in [7, 11) is 0. The van der Waals surface area contributed by atoms with Crippen LogP contribution in [0.2, 0.25) is 0 Å². The van der Waals surface area contributed by atoms with Crippen LogP contribution in [0, 0.1) is 6.92 Å². The molecule has 3 aromatic heterocycles. The number of fused-ring (bicyclic) bond motifs is 3. The van der Waals surface area contributed by atoms with Crippen molar-refractivity contribution in [3.8, 4) is 0 Å². The molecule has 3 heterocycles. The maximum atomic E-state index is 12.7. The van der Waals surface area contributed by atoms with Crippen LogP contribution in [0.5, 0.6) is 0 Å². The van der Waals surface area contributed by atoms with Crippen molar-refractivity contribution in [2.24, 2.45) is 0 Å². The number of hydrogen-bond donors (Lipinski definition) is 0. The van der Waals surface area contributed by atoms with E-state index >= 15 is 0 Å². The smallest absolute Gasteiger partial charge is 0.262 e. The third kappa shape index (κ3) is 2.14. The topological polar surface area (TPSA) is 52.0 Å². The van der Waals surface area contributed by atoms with Gasteiger partial charge in [0.2, 0.25) is 0 Å². The molecule has 0 atom stereocenters. The van der Waals surface area contributed by atoms with E-state index in [1.165, 1.54) is 27.1 Å². The van der Waals surface area contributed by atoms with Crippen molar-refractivity contribution in [2.75, 3.05) is 0 Å². The molecule has 0 spiro atoms. The van der Waals surface area contributed by atoms with Crippen molar-refractivity contribution in [3.63, 3.8) is 0 Å². The number of nitrogens with zero attached hydrogens (tertiary/aromatic N) is 2. The highest BCUT2D eigenvalue weighted by Crippen LogP contribution is 2.34. The number of carbonyl (C=O) groups is 1. The van der Waals surface area contributed by atoms with Crippen molar-refractivity contribution in [1.29, 1.82) is 0 Å². The van der Waals surface area contributed by atoms with Gasteiger partial charge in [0.1, 0.15) is 4.83 Å². The first kappa shape index (κ1) is 13.8. The lowest BCUT2D eigenvalue weighted by Gasteiger charge is -2.04. The fourth-order valence-electron chi connectivity index (χ4n) is 2.95. The molecule has 0 saturated heterocycles. The molecule has 1 aliphatic carbocycles. The zero-order valence-corrected chi connectivity index (χ0v) is 13.7. The van der Waals surface area contributed by atoms with Crippen molar-refractivity contribution >= 4 is 38.7 Å². The van der Waals surface area contributed by atoms with Gasteiger partial charge in [-0.2, -0.15) is 0 Å². The molecule has 22 heavy (non-hydrogen) atoms. The monoisotopic (exact) mass is 330 g/mol. The summed E-state index contributed by atoms with van der Waals surface area (Å²) in [6.45, 7) is 2.03. The van der Waals surface area contributed by atoms with Crippen LogP contribution in [-0.4, -0.2) is 15.3 Å². The summed E-state index contributed by atoms with van der Waals surface area (Å²) >= 11 is 3.08. The van der Waals surface area contributed by atoms with Crippen molar-refractivity contribution in [3.05, 3.63) is 49.0 Å². The van der Waals surface area contributed by atoms with Crippen LogP contribution >= 0.6 is 22.7 Å². The number of hydrogen-bond acceptors (Lipinski definition) is 5. The van der Waals surface area contributed by atoms with E-state index in [2.05, 4.69) is 4.98 Å². The zero-order chi connectivity index (χ0) is 15.3. The van der Waals surface area contributed by atoms with E-state index in [-0.39, 0.29) is 17.9 Å². The third-order valence-corrected chi connectivity index (χ3v) is 6.26. The van der Waals surface area contributed by atoms with E-state index in [9.17, 15) is 9.59 Å². The molecule has 0 unspecified atom stereocenters. The quantitative estimate of drug-likeness (QED) is 0.693. The Bertz CT molecular complexity index is 949. The predicted octanol–water partition coefficient (Wildman–Crippen LogP) is 3.20. The number of carbonyl (C=O) groups excluding carboxylic acids is 1. The highest BCUT2D eigenvalue weighted by Gasteiger charge is 2.21. The summed E-state index contributed by atoms with van der Waals surface area (Å²) in [6.07, 6.45) is 4.62. The standard InChI is InChI=1S/C16H14N2O2S2/c1-9-5-6-13(21-9)11(19)7-18-8-17-15-14(16(18)20)10-3-2-4-12(10)22-15/h5-6,8H,2-4,7H2,1H3. The molecule has 0 saturated carbocycles. The molecule has 0 amide bonds. The van der Waals surface area contributed by atoms with E-state index in [4.69, 9.17) is 0 Å². The number of ketones is 1. The van der Waals surface area contributed by atoms with Gasteiger partial charge < -0.3 is 0 Å². The molecule has 3 aromatic rings. The van der Waals surface area contributed by atoms with Crippen molar-refractivity contribution in [2.45, 2.75) is 32.7 Å². The normalized spacial score (nSPS) is 13.7. The fraction of sp³-hybridized carbons (Fsp3) is 0.312. The van der Waals surface area contributed by atoms with Crippen LogP contribution in [0.25, 0.3) is 10.2 Å². The Kier molecular flexibility index (Phi) is 3.23. The minimum absolute atomic E-state index is 0.0341. The SMILES string of the molecule is Cc1ccc(C(=O)Cn2cnc3sc4c(c3c2=O)CCC4)s1. The van der Waals surface area contributed by atoms with Gasteiger partial charge in [0, 0.05) is 9.75 Å². The molecule has 0 bridgehead atoms. The number of rotatable bonds is 3. The van der Waals surface area contributed by atoms with E-state index < -0.39 is 0 Å². The van der Waals surface area contributed by atoms with Gasteiger partial charge in [0.25, 0.3) is 5.56 Å². The van der Waals surface area contributed by atoms with E-state index in [1.54, 1.807) is 11.3 Å². The summed E-state index contributed by atoms with van der Waals surface area (Å²) in [5.41, 5.74) is 1.08. The first-order valence-corrected chi connectivity index (χ1v) is 8.86. The lowest BCUT2D eigenvalue weighted by Crippen LogP contribution is -2.24. The molecule has 6 heteroatoms. The summed E-state index contributed by atoms with van der Waals surface area (Å²) in [4.78, 5) is 33.3. The van der Waals surface area contributed by atoms with Gasteiger partial charge in [-0.25, -0.2) is 4.98 Å². The summed E-state index contributed by atoms with van der Waals surface area (Å²) in [5.74, 6) is -0.0341. The lowest BCUT2D eigenvalue weighted by molar-refractivity contribution is 0.0974. The molecule has 0 N–H and O–H groups in total. The van der Waals surface area contributed by atoms with E-state index in [0.717, 1.165) is 39.9 Å². The predicted molar refractivity (Wildman–Crippen MR) is 89.3 cm³/mol. The van der Waals surface area contributed by atoms with Gasteiger partial charge in [-0.3, -0.25) is 14.2 Å². The Balaban J connectivity index is 1.75. The molecule has 0 fully saturated rings. The fourth-order valence-corrected chi connectivity index (χ4v) is 4.97. The van der Waals surface area contributed by atoms with Crippen LogP contribution in [0.1, 0.15) is 31.4 Å². The van der Waals surface area contributed by atoms with Gasteiger partial charge in [-0.15, -0.1) is 22.7 Å². The second-order valence-corrected chi connectivity index (χ2v) is 7.92. The summed E-state index contributed by atoms with van der Waals surface area (Å²) < 4.78 is 1.45. The Labute approximate surface area is 135 Å². The van der Waals surface area contributed by atoms with Crippen LogP contribution in [0.4, 0.5) is 0 Å². The minimum atomic E-state index is -0.0778. The number of thiophene rings is 2. The Hall–Kier alpha value is -1.79. The van der Waals surface area contributed by atoms with Gasteiger partial charge in [0.15, 0.2) is 5.78 Å². The van der Waals surface area contributed by atoms with Crippen LogP contribution < -0.4 is 5.56 Å². The Morgan fingerprint density at radius 1 is 1.32 bits per heavy atom. The highest BCUT2D eigenvalue weighted by molar-refractivity contribution is 7.18. The van der Waals surface area contributed by atoms with Gasteiger partial charge >= 0.3 is 0 Å². The lowest BCUT2D eigenvalue weighted by atomic mass is 10.2. The number of Topliss-reactive ketones (excluding diaryl/α,β-unsaturated/α-hetero) is 1. The highest BCUT2D eigenvalue weighted by atomic mass is 32.1. The number of aromatic nitrogens is 2. The first-order chi connectivity index (χ1) is 10.6. The number of aryl methyl sites for hydroxylation is 3. The largest absolute Gasteiger partial charge is 0.291 e. The Morgan fingerprint density at radius 3 is 2.95 bits per heavy atom. The van der Waals surface area contributed by atoms with Crippen molar-refractivity contribution < 1.29 is 4.79 Å². The molecular weight excluding hydrogens is 316 g/mol. The molecule has 112 valence electrons. The van der Waals surface area contributed by atoms with E-state index in [1.807, 2.05) is 19.1 Å². The maximum Gasteiger partial charge on any atom is 0.262 e. The zero-order valence-electron chi connectivity index (χ0n) is 12.1. The summed E-state index contributed by atoms with van der Waals surface area (Å²) in [6, 6.07) is 3.75. The van der Waals surface area contributed by atoms with E-state index in [0.29, 0.717) is 4.88 Å². The van der Waals surface area contributed by atoms with Crippen molar-refractivity contribution in [1.82, 2.24) is 9.55 Å². The minimum Gasteiger partial charge on any atom is -0.291 e. The summed E-state index contributed by atoms with van der Waals surface area (Å²) in [5, 5.41) is 0.732. The maximum absolute atomic E-state index is 12.7. The first-order valence-electron chi connectivity index (χ1n) is 7.23. The molecule has 1 aliphatic rings. The van der Waals surface area contributed by atoms with Crippen LogP contribution in [0.3, 0.4) is 0 Å². The molecule has 0 aliphatic heterocycles. The van der Waals surface area contributed by atoms with Gasteiger partial charge in [0.05, 0.1) is 23.1 Å². The average molecular weight is 330 g/mol. The molecule has 4 rings (SSSR count). The van der Waals surface area contributed by atoms with Gasteiger partial charge in [-0.05, 0) is 43.9 Å². The molecule has 0 radical (unpaired) electrons. The third-order valence-electron chi connectivity index (χ3n) is 4.02. The average Bonchev–Trinajstić information content (AvgIpc) is 3.16. The molecule has 0 aromatic carbocycles.